The van der Waals surface area contributed by atoms with E-state index in [9.17, 15) is 0 Å². The second kappa shape index (κ2) is 13.6. The summed E-state index contributed by atoms with van der Waals surface area (Å²) in [6.45, 7) is 4.53. The van der Waals surface area contributed by atoms with Gasteiger partial charge in [-0.25, -0.2) is 0 Å². The zero-order valence-electron chi connectivity index (χ0n) is 12.1. The van der Waals surface area contributed by atoms with E-state index < -0.39 is 0 Å². The number of hydrogen-bond acceptors (Lipinski definition) is 0. The summed E-state index contributed by atoms with van der Waals surface area (Å²) < 4.78 is 0. The van der Waals surface area contributed by atoms with Gasteiger partial charge in [0.2, 0.25) is 0 Å². The Hall–Kier alpha value is -0.440. The summed E-state index contributed by atoms with van der Waals surface area (Å²) in [5, 5.41) is 0. The minimum absolute atomic E-state index is 0.554. The molecule has 0 heteroatoms. The van der Waals surface area contributed by atoms with E-state index in [4.69, 9.17) is 6.42 Å². The average Bonchev–Trinajstić information content (AvgIpc) is 2.36. The summed E-state index contributed by atoms with van der Waals surface area (Å²) in [4.78, 5) is 0. The summed E-state index contributed by atoms with van der Waals surface area (Å²) in [7, 11) is 0. The van der Waals surface area contributed by atoms with Crippen molar-refractivity contribution >= 4 is 0 Å². The van der Waals surface area contributed by atoms with E-state index in [1.807, 2.05) is 0 Å². The largest absolute Gasteiger partial charge is 0.120 e. The van der Waals surface area contributed by atoms with Crippen molar-refractivity contribution in [2.24, 2.45) is 5.92 Å². The lowest BCUT2D eigenvalue weighted by Crippen LogP contribution is -1.97. The van der Waals surface area contributed by atoms with E-state index in [-0.39, 0.29) is 0 Å². The molecule has 0 bridgehead atoms. The average molecular weight is 236 g/mol. The van der Waals surface area contributed by atoms with Crippen molar-refractivity contribution < 1.29 is 0 Å². The Balaban J connectivity index is 3.33. The molecule has 0 fully saturated rings. The standard InChI is InChI=1S/C17H32/c1-4-7-9-11-12-14-16-17(6-3)15-13-10-8-5-2/h3,17H,4-5,7-16H2,1-2H3. The number of unbranched alkanes of at least 4 members (excludes halogenated alkanes) is 8. The van der Waals surface area contributed by atoms with Crippen LogP contribution in [0.5, 0.6) is 0 Å². The summed E-state index contributed by atoms with van der Waals surface area (Å²) in [6, 6.07) is 0. The van der Waals surface area contributed by atoms with Gasteiger partial charge in [-0.15, -0.1) is 12.3 Å². The third kappa shape index (κ3) is 11.8. The van der Waals surface area contributed by atoms with Gasteiger partial charge in [0.15, 0.2) is 0 Å². The molecule has 0 aliphatic heterocycles. The lowest BCUT2D eigenvalue weighted by molar-refractivity contribution is 0.480. The second-order valence-electron chi connectivity index (χ2n) is 5.27. The van der Waals surface area contributed by atoms with Gasteiger partial charge in [0.1, 0.15) is 0 Å². The fourth-order valence-electron chi connectivity index (χ4n) is 2.30. The van der Waals surface area contributed by atoms with Crippen LogP contribution >= 0.6 is 0 Å². The first-order valence-corrected chi connectivity index (χ1v) is 7.81. The molecular formula is C17H32. The van der Waals surface area contributed by atoms with Crippen molar-refractivity contribution in [1.29, 1.82) is 0 Å². The summed E-state index contributed by atoms with van der Waals surface area (Å²) >= 11 is 0. The Bertz CT molecular complexity index is 175. The highest BCUT2D eigenvalue weighted by Gasteiger charge is 2.04. The predicted octanol–water partition coefficient (Wildman–Crippen LogP) is 5.96. The van der Waals surface area contributed by atoms with Gasteiger partial charge < -0.3 is 0 Å². The van der Waals surface area contributed by atoms with Gasteiger partial charge in [-0.2, -0.15) is 0 Å². The maximum atomic E-state index is 5.60. The fraction of sp³-hybridized carbons (Fsp3) is 0.882. The molecule has 0 amide bonds. The van der Waals surface area contributed by atoms with Crippen molar-refractivity contribution in [2.45, 2.75) is 90.9 Å². The SMILES string of the molecule is C#CC(CCCCCC)CCCCCCCC. The number of terminal acetylenes is 1. The molecule has 1 atom stereocenters. The third-order valence-electron chi connectivity index (χ3n) is 3.55. The van der Waals surface area contributed by atoms with Crippen LogP contribution in [0.15, 0.2) is 0 Å². The van der Waals surface area contributed by atoms with Gasteiger partial charge in [-0.05, 0) is 12.8 Å². The van der Waals surface area contributed by atoms with Gasteiger partial charge in [-0.3, -0.25) is 0 Å². The van der Waals surface area contributed by atoms with E-state index >= 15 is 0 Å². The van der Waals surface area contributed by atoms with Gasteiger partial charge in [-0.1, -0.05) is 78.1 Å². The van der Waals surface area contributed by atoms with Crippen LogP contribution in [0.2, 0.25) is 0 Å². The van der Waals surface area contributed by atoms with Crippen molar-refractivity contribution in [3.05, 3.63) is 0 Å². The van der Waals surface area contributed by atoms with Gasteiger partial charge in [0.25, 0.3) is 0 Å². The minimum Gasteiger partial charge on any atom is -0.120 e. The predicted molar refractivity (Wildman–Crippen MR) is 79.1 cm³/mol. The number of rotatable bonds is 12. The molecule has 100 valence electrons. The molecule has 0 radical (unpaired) electrons. The van der Waals surface area contributed by atoms with E-state index in [2.05, 4.69) is 19.8 Å². The van der Waals surface area contributed by atoms with Gasteiger partial charge in [0.05, 0.1) is 0 Å². The van der Waals surface area contributed by atoms with Crippen LogP contribution in [0.25, 0.3) is 0 Å². The lowest BCUT2D eigenvalue weighted by Gasteiger charge is -2.10. The number of hydrogen-bond donors (Lipinski definition) is 0. The highest BCUT2D eigenvalue weighted by Crippen LogP contribution is 2.17. The first-order valence-electron chi connectivity index (χ1n) is 7.81. The zero-order chi connectivity index (χ0) is 12.8. The van der Waals surface area contributed by atoms with Crippen LogP contribution < -0.4 is 0 Å². The zero-order valence-corrected chi connectivity index (χ0v) is 12.1. The molecule has 0 aromatic rings. The normalized spacial score (nSPS) is 12.3. The molecule has 0 rings (SSSR count). The molecule has 17 heavy (non-hydrogen) atoms. The molecule has 0 saturated heterocycles. The molecule has 0 aliphatic carbocycles. The molecule has 0 nitrogen and oxygen atoms in total. The topological polar surface area (TPSA) is 0 Å². The van der Waals surface area contributed by atoms with Crippen molar-refractivity contribution in [2.75, 3.05) is 0 Å². The molecule has 0 aromatic heterocycles. The van der Waals surface area contributed by atoms with Crippen LogP contribution in [0.1, 0.15) is 90.9 Å². The Kier molecular flexibility index (Phi) is 13.3. The molecule has 0 aromatic carbocycles. The monoisotopic (exact) mass is 236 g/mol. The summed E-state index contributed by atoms with van der Waals surface area (Å²) in [6.07, 6.45) is 21.8. The Morgan fingerprint density at radius 1 is 0.706 bits per heavy atom. The maximum absolute atomic E-state index is 5.60. The van der Waals surface area contributed by atoms with Crippen LogP contribution in [-0.4, -0.2) is 0 Å². The Morgan fingerprint density at radius 3 is 1.59 bits per heavy atom. The fourth-order valence-corrected chi connectivity index (χ4v) is 2.30. The lowest BCUT2D eigenvalue weighted by atomic mass is 9.95. The van der Waals surface area contributed by atoms with Crippen LogP contribution in [0.3, 0.4) is 0 Å². The molecule has 1 unspecified atom stereocenters. The second-order valence-corrected chi connectivity index (χ2v) is 5.27. The molecule has 0 N–H and O–H groups in total. The van der Waals surface area contributed by atoms with Crippen molar-refractivity contribution in [1.82, 2.24) is 0 Å². The first-order chi connectivity index (χ1) is 8.35. The van der Waals surface area contributed by atoms with Gasteiger partial charge >= 0.3 is 0 Å². The molecule has 0 heterocycles. The summed E-state index contributed by atoms with van der Waals surface area (Å²) in [5.74, 6) is 3.53. The smallest absolute Gasteiger partial charge is 0.0200 e. The highest BCUT2D eigenvalue weighted by molar-refractivity contribution is 4.92. The molecule has 0 spiro atoms. The van der Waals surface area contributed by atoms with Crippen molar-refractivity contribution in [3.63, 3.8) is 0 Å². The summed E-state index contributed by atoms with van der Waals surface area (Å²) in [5.41, 5.74) is 0. The maximum Gasteiger partial charge on any atom is 0.0200 e. The molecular weight excluding hydrogens is 204 g/mol. The third-order valence-corrected chi connectivity index (χ3v) is 3.55. The van der Waals surface area contributed by atoms with Crippen molar-refractivity contribution in [3.8, 4) is 12.3 Å². The Labute approximate surface area is 110 Å². The Morgan fingerprint density at radius 2 is 1.12 bits per heavy atom. The quantitative estimate of drug-likeness (QED) is 0.290. The minimum atomic E-state index is 0.554. The first kappa shape index (κ1) is 16.6. The van der Waals surface area contributed by atoms with E-state index in [0.29, 0.717) is 5.92 Å². The van der Waals surface area contributed by atoms with Crippen LogP contribution in [-0.2, 0) is 0 Å². The van der Waals surface area contributed by atoms with E-state index in [0.717, 1.165) is 0 Å². The van der Waals surface area contributed by atoms with Crippen LogP contribution in [0, 0.1) is 18.3 Å². The van der Waals surface area contributed by atoms with Crippen LogP contribution in [0.4, 0.5) is 0 Å². The highest BCUT2D eigenvalue weighted by atomic mass is 14.1. The molecule has 0 aliphatic rings. The van der Waals surface area contributed by atoms with E-state index in [1.54, 1.807) is 0 Å². The van der Waals surface area contributed by atoms with Gasteiger partial charge in [0, 0.05) is 5.92 Å². The van der Waals surface area contributed by atoms with E-state index in [1.165, 1.54) is 77.0 Å². The molecule has 0 saturated carbocycles.